The summed E-state index contributed by atoms with van der Waals surface area (Å²) in [6.07, 6.45) is 2.74. The molecule has 0 saturated heterocycles. The van der Waals surface area contributed by atoms with E-state index >= 15 is 0 Å². The number of nitrogens with two attached hydrogens (primary N) is 1. The second-order valence-corrected chi connectivity index (χ2v) is 3.22. The summed E-state index contributed by atoms with van der Waals surface area (Å²) in [5.41, 5.74) is 8.28. The van der Waals surface area contributed by atoms with Crippen molar-refractivity contribution in [2.75, 3.05) is 0 Å². The van der Waals surface area contributed by atoms with Crippen molar-refractivity contribution in [1.29, 1.82) is 0 Å². The van der Waals surface area contributed by atoms with Gasteiger partial charge in [-0.05, 0) is 29.9 Å². The maximum atomic E-state index is 5.54. The summed E-state index contributed by atoms with van der Waals surface area (Å²) in [4.78, 5) is 0. The lowest BCUT2D eigenvalue weighted by Gasteiger charge is -2.00. The zero-order valence-electron chi connectivity index (χ0n) is 6.99. The Bertz CT molecular complexity index is 256. The first-order valence-electron chi connectivity index (χ1n) is 4.19. The van der Waals surface area contributed by atoms with Crippen LogP contribution in [0.5, 0.6) is 0 Å². The zero-order valence-corrected chi connectivity index (χ0v) is 7.81. The molecule has 0 spiro atoms. The smallest absolute Gasteiger partial charge is 0.0178 e. The number of halogens is 1. The molecule has 0 unspecified atom stereocenters. The van der Waals surface area contributed by atoms with Gasteiger partial charge in [-0.3, -0.25) is 0 Å². The third-order valence-corrected chi connectivity index (χ3v) is 2.24. The van der Waals surface area contributed by atoms with Crippen molar-refractivity contribution >= 4 is 12.4 Å². The normalized spacial score (nSPS) is 15.4. The van der Waals surface area contributed by atoms with E-state index < -0.39 is 0 Å². The van der Waals surface area contributed by atoms with Gasteiger partial charge in [-0.15, -0.1) is 12.4 Å². The molecular formula is C10H14ClN. The van der Waals surface area contributed by atoms with E-state index in [-0.39, 0.29) is 12.4 Å². The standard InChI is InChI=1S/C10H13N.ClH/c11-7-8-2-1-3-10(6-8)9-4-5-9;/h1-3,6,9H,4-5,7,11H2;1H. The minimum Gasteiger partial charge on any atom is -0.326 e. The molecule has 12 heavy (non-hydrogen) atoms. The van der Waals surface area contributed by atoms with Crippen LogP contribution in [0.4, 0.5) is 0 Å². The van der Waals surface area contributed by atoms with Crippen LogP contribution in [0.15, 0.2) is 24.3 Å². The summed E-state index contributed by atoms with van der Waals surface area (Å²) in [6.45, 7) is 0.667. The summed E-state index contributed by atoms with van der Waals surface area (Å²) in [6, 6.07) is 8.64. The third kappa shape index (κ3) is 1.99. The van der Waals surface area contributed by atoms with E-state index in [0.29, 0.717) is 6.54 Å². The maximum Gasteiger partial charge on any atom is 0.0178 e. The van der Waals surface area contributed by atoms with Gasteiger partial charge in [0.05, 0.1) is 0 Å². The Labute approximate surface area is 79.4 Å². The van der Waals surface area contributed by atoms with Crippen molar-refractivity contribution < 1.29 is 0 Å². The topological polar surface area (TPSA) is 26.0 Å². The molecule has 1 aromatic rings. The van der Waals surface area contributed by atoms with Crippen LogP contribution in [0.1, 0.15) is 29.9 Å². The largest absolute Gasteiger partial charge is 0.326 e. The summed E-state index contributed by atoms with van der Waals surface area (Å²) >= 11 is 0. The molecule has 2 rings (SSSR count). The minimum atomic E-state index is 0. The van der Waals surface area contributed by atoms with Crippen molar-refractivity contribution in [2.24, 2.45) is 5.73 Å². The summed E-state index contributed by atoms with van der Waals surface area (Å²) < 4.78 is 0. The molecule has 0 bridgehead atoms. The molecule has 1 aliphatic carbocycles. The Morgan fingerprint density at radius 3 is 2.67 bits per heavy atom. The highest BCUT2D eigenvalue weighted by molar-refractivity contribution is 5.85. The van der Waals surface area contributed by atoms with Crippen molar-refractivity contribution in [3.05, 3.63) is 35.4 Å². The van der Waals surface area contributed by atoms with Crippen LogP contribution >= 0.6 is 12.4 Å². The van der Waals surface area contributed by atoms with Crippen LogP contribution in [0, 0.1) is 0 Å². The SMILES string of the molecule is Cl.NCc1cccc(C2CC2)c1. The van der Waals surface area contributed by atoms with Crippen LogP contribution < -0.4 is 5.73 Å². The fraction of sp³-hybridized carbons (Fsp3) is 0.400. The van der Waals surface area contributed by atoms with E-state index in [1.807, 2.05) is 0 Å². The Balaban J connectivity index is 0.000000720. The van der Waals surface area contributed by atoms with Gasteiger partial charge in [0.2, 0.25) is 0 Å². The molecule has 66 valence electrons. The second kappa shape index (κ2) is 3.92. The molecule has 1 fully saturated rings. The van der Waals surface area contributed by atoms with Crippen molar-refractivity contribution in [3.63, 3.8) is 0 Å². The zero-order chi connectivity index (χ0) is 7.68. The van der Waals surface area contributed by atoms with E-state index in [9.17, 15) is 0 Å². The van der Waals surface area contributed by atoms with Crippen LogP contribution in [-0.2, 0) is 6.54 Å². The van der Waals surface area contributed by atoms with E-state index in [0.717, 1.165) is 5.92 Å². The minimum absolute atomic E-state index is 0. The highest BCUT2D eigenvalue weighted by Crippen LogP contribution is 2.40. The first-order chi connectivity index (χ1) is 5.40. The van der Waals surface area contributed by atoms with Crippen LogP contribution in [-0.4, -0.2) is 0 Å². The molecule has 1 aliphatic rings. The summed E-state index contributed by atoms with van der Waals surface area (Å²) in [5, 5.41) is 0. The molecule has 1 aromatic carbocycles. The average molecular weight is 184 g/mol. The quantitative estimate of drug-likeness (QED) is 0.749. The van der Waals surface area contributed by atoms with Gasteiger partial charge in [0.1, 0.15) is 0 Å². The molecule has 0 aromatic heterocycles. The molecule has 2 heteroatoms. The lowest BCUT2D eigenvalue weighted by atomic mass is 10.1. The molecule has 0 amide bonds. The Morgan fingerprint density at radius 1 is 1.33 bits per heavy atom. The van der Waals surface area contributed by atoms with E-state index in [2.05, 4.69) is 24.3 Å². The van der Waals surface area contributed by atoms with Crippen LogP contribution in [0.3, 0.4) is 0 Å². The van der Waals surface area contributed by atoms with Crippen molar-refractivity contribution in [3.8, 4) is 0 Å². The van der Waals surface area contributed by atoms with Crippen molar-refractivity contribution in [2.45, 2.75) is 25.3 Å². The Kier molecular flexibility index (Phi) is 3.12. The molecule has 0 atom stereocenters. The third-order valence-electron chi connectivity index (χ3n) is 2.24. The maximum absolute atomic E-state index is 5.54. The molecule has 1 saturated carbocycles. The predicted octanol–water partition coefficient (Wildman–Crippen LogP) is 2.44. The van der Waals surface area contributed by atoms with E-state index in [4.69, 9.17) is 5.73 Å². The summed E-state index contributed by atoms with van der Waals surface area (Å²) in [7, 11) is 0. The molecule has 1 nitrogen and oxygen atoms in total. The lowest BCUT2D eigenvalue weighted by molar-refractivity contribution is 1.04. The number of hydrogen-bond donors (Lipinski definition) is 1. The van der Waals surface area contributed by atoms with Gasteiger partial charge < -0.3 is 5.73 Å². The molecule has 0 radical (unpaired) electrons. The fourth-order valence-electron chi connectivity index (χ4n) is 1.39. The molecule has 0 aliphatic heterocycles. The highest BCUT2D eigenvalue weighted by atomic mass is 35.5. The van der Waals surface area contributed by atoms with Gasteiger partial charge in [0.25, 0.3) is 0 Å². The van der Waals surface area contributed by atoms with Crippen LogP contribution in [0.2, 0.25) is 0 Å². The van der Waals surface area contributed by atoms with Gasteiger partial charge >= 0.3 is 0 Å². The lowest BCUT2D eigenvalue weighted by Crippen LogP contribution is -1.96. The fourth-order valence-corrected chi connectivity index (χ4v) is 1.39. The van der Waals surface area contributed by atoms with Crippen molar-refractivity contribution in [1.82, 2.24) is 0 Å². The number of hydrogen-bond acceptors (Lipinski definition) is 1. The first-order valence-corrected chi connectivity index (χ1v) is 4.19. The van der Waals surface area contributed by atoms with Gasteiger partial charge in [-0.25, -0.2) is 0 Å². The average Bonchev–Trinajstić information content (AvgIpc) is 2.87. The number of rotatable bonds is 2. The van der Waals surface area contributed by atoms with Gasteiger partial charge in [0.15, 0.2) is 0 Å². The van der Waals surface area contributed by atoms with Gasteiger partial charge in [-0.1, -0.05) is 24.3 Å². The molecular weight excluding hydrogens is 170 g/mol. The second-order valence-electron chi connectivity index (χ2n) is 3.22. The number of benzene rings is 1. The van der Waals surface area contributed by atoms with E-state index in [1.54, 1.807) is 0 Å². The van der Waals surface area contributed by atoms with Crippen LogP contribution in [0.25, 0.3) is 0 Å². The monoisotopic (exact) mass is 183 g/mol. The first kappa shape index (κ1) is 9.56. The summed E-state index contributed by atoms with van der Waals surface area (Å²) in [5.74, 6) is 0.849. The van der Waals surface area contributed by atoms with Gasteiger partial charge in [0, 0.05) is 6.54 Å². The molecule has 2 N–H and O–H groups in total. The Hall–Kier alpha value is -0.530. The highest BCUT2D eigenvalue weighted by Gasteiger charge is 2.22. The van der Waals surface area contributed by atoms with Gasteiger partial charge in [-0.2, -0.15) is 0 Å². The Morgan fingerprint density at radius 2 is 2.08 bits per heavy atom. The predicted molar refractivity (Wildman–Crippen MR) is 53.6 cm³/mol. The molecule has 0 heterocycles. The van der Waals surface area contributed by atoms with E-state index in [1.165, 1.54) is 24.0 Å².